The lowest BCUT2D eigenvalue weighted by atomic mass is 9.95. The van der Waals surface area contributed by atoms with E-state index in [-0.39, 0.29) is 24.0 Å². The molecule has 0 radical (unpaired) electrons. The van der Waals surface area contributed by atoms with Gasteiger partial charge < -0.3 is 15.4 Å². The zero-order valence-corrected chi connectivity index (χ0v) is 21.4. The molecule has 2 N–H and O–H groups in total. The summed E-state index contributed by atoms with van der Waals surface area (Å²) in [6.07, 6.45) is 5.24. The molecule has 1 fully saturated rings. The maximum Gasteiger partial charge on any atom is 0.191 e. The summed E-state index contributed by atoms with van der Waals surface area (Å²) < 4.78 is 17.9. The Morgan fingerprint density at radius 2 is 2.00 bits per heavy atom. The van der Waals surface area contributed by atoms with E-state index in [1.165, 1.54) is 5.56 Å². The van der Waals surface area contributed by atoms with Crippen molar-refractivity contribution < 1.29 is 8.95 Å². The van der Waals surface area contributed by atoms with Gasteiger partial charge in [-0.2, -0.15) is 0 Å². The number of hydrogen-bond acceptors (Lipinski definition) is 3. The van der Waals surface area contributed by atoms with Crippen LogP contribution in [0.15, 0.2) is 29.3 Å². The first-order valence-corrected chi connectivity index (χ1v) is 12.0. The molecule has 2 rings (SSSR count). The highest BCUT2D eigenvalue weighted by Crippen LogP contribution is 2.23. The Balaban J connectivity index is 0.00000420. The third-order valence-corrected chi connectivity index (χ3v) is 6.80. The number of nitrogens with zero attached hydrogens (tertiary/aromatic N) is 1. The smallest absolute Gasteiger partial charge is 0.191 e. The van der Waals surface area contributed by atoms with E-state index >= 15 is 0 Å². The predicted molar refractivity (Wildman–Crippen MR) is 135 cm³/mol. The van der Waals surface area contributed by atoms with Gasteiger partial charge in [0.2, 0.25) is 0 Å². The van der Waals surface area contributed by atoms with Crippen LogP contribution >= 0.6 is 24.0 Å². The molecule has 1 aromatic carbocycles. The lowest BCUT2D eigenvalue weighted by Gasteiger charge is -2.30. The van der Waals surface area contributed by atoms with Crippen molar-refractivity contribution in [2.24, 2.45) is 10.9 Å². The van der Waals surface area contributed by atoms with Crippen LogP contribution in [0.1, 0.15) is 52.0 Å². The molecule has 1 saturated carbocycles. The van der Waals surface area contributed by atoms with Crippen molar-refractivity contribution in [1.82, 2.24) is 10.6 Å². The maximum atomic E-state index is 12.1. The van der Waals surface area contributed by atoms with Crippen molar-refractivity contribution in [2.75, 3.05) is 26.0 Å². The van der Waals surface area contributed by atoms with Gasteiger partial charge in [-0.1, -0.05) is 39.3 Å². The molecular formula is C22H38IN3O2S. The summed E-state index contributed by atoms with van der Waals surface area (Å²) in [5.74, 6) is 3.06. The Hall–Kier alpha value is -0.830. The van der Waals surface area contributed by atoms with Gasteiger partial charge in [-0.15, -0.1) is 24.0 Å². The second-order valence-corrected chi connectivity index (χ2v) is 9.90. The summed E-state index contributed by atoms with van der Waals surface area (Å²) in [6, 6.07) is 8.69. The number of benzene rings is 1. The molecule has 3 atom stereocenters. The Labute approximate surface area is 196 Å². The van der Waals surface area contributed by atoms with Gasteiger partial charge in [0.05, 0.1) is 6.61 Å². The number of nitrogens with one attached hydrogen (secondary N) is 2. The Bertz CT molecular complexity index is 637. The Kier molecular flexibility index (Phi) is 12.9. The zero-order chi connectivity index (χ0) is 20.4. The normalized spacial score (nSPS) is 20.7. The van der Waals surface area contributed by atoms with Crippen LogP contribution in [0.4, 0.5) is 0 Å². The molecule has 7 heteroatoms. The monoisotopic (exact) mass is 535 g/mol. The summed E-state index contributed by atoms with van der Waals surface area (Å²) in [5.41, 5.74) is 1.27. The second kappa shape index (κ2) is 14.2. The standard InChI is InChI=1S/C22H37N3O2S.HI/c1-5-28(26)21-8-6-7-19(15-21)25-22(23-4)24-14-13-18-9-11-20(12-10-18)27-16-17(2)3;/h9-12,17,19,21H,5-8,13-16H2,1-4H3,(H2,23,24,25);1H. The fraction of sp³-hybridized carbons (Fsp3) is 0.682. The highest BCUT2D eigenvalue weighted by Gasteiger charge is 2.25. The molecule has 5 nitrogen and oxygen atoms in total. The van der Waals surface area contributed by atoms with E-state index in [4.69, 9.17) is 4.74 Å². The van der Waals surface area contributed by atoms with E-state index in [2.05, 4.69) is 41.6 Å². The summed E-state index contributed by atoms with van der Waals surface area (Å²) in [5, 5.41) is 7.26. The van der Waals surface area contributed by atoms with E-state index in [0.717, 1.165) is 62.7 Å². The van der Waals surface area contributed by atoms with E-state index in [1.807, 2.05) is 19.1 Å². The number of halogens is 1. The van der Waals surface area contributed by atoms with Gasteiger partial charge in [0.1, 0.15) is 5.75 Å². The largest absolute Gasteiger partial charge is 0.493 e. The van der Waals surface area contributed by atoms with Crippen LogP contribution in [0.2, 0.25) is 0 Å². The van der Waals surface area contributed by atoms with Crippen molar-refractivity contribution in [2.45, 2.75) is 64.2 Å². The first-order chi connectivity index (χ1) is 13.5. The van der Waals surface area contributed by atoms with Gasteiger partial charge in [0, 0.05) is 41.4 Å². The van der Waals surface area contributed by atoms with Crippen LogP contribution in [0, 0.1) is 5.92 Å². The lowest BCUT2D eigenvalue weighted by molar-refractivity contribution is 0.271. The van der Waals surface area contributed by atoms with Crippen molar-refractivity contribution in [1.29, 1.82) is 0 Å². The van der Waals surface area contributed by atoms with Gasteiger partial charge in [-0.3, -0.25) is 9.20 Å². The molecule has 0 spiro atoms. The van der Waals surface area contributed by atoms with E-state index in [0.29, 0.717) is 17.2 Å². The number of rotatable bonds is 9. The minimum absolute atomic E-state index is 0. The van der Waals surface area contributed by atoms with Crippen LogP contribution in [0.5, 0.6) is 5.75 Å². The third-order valence-electron chi connectivity index (χ3n) is 5.06. The molecule has 0 amide bonds. The molecule has 0 aliphatic heterocycles. The fourth-order valence-corrected chi connectivity index (χ4v) is 4.83. The Morgan fingerprint density at radius 1 is 1.28 bits per heavy atom. The zero-order valence-electron chi connectivity index (χ0n) is 18.3. The van der Waals surface area contributed by atoms with Crippen LogP contribution in [-0.2, 0) is 17.2 Å². The molecule has 0 heterocycles. The highest BCUT2D eigenvalue weighted by atomic mass is 127. The van der Waals surface area contributed by atoms with E-state index in [1.54, 1.807) is 7.05 Å². The van der Waals surface area contributed by atoms with Gasteiger partial charge >= 0.3 is 0 Å². The van der Waals surface area contributed by atoms with Crippen LogP contribution in [0.25, 0.3) is 0 Å². The third kappa shape index (κ3) is 9.68. The maximum absolute atomic E-state index is 12.1. The van der Waals surface area contributed by atoms with Crippen molar-refractivity contribution in [3.8, 4) is 5.75 Å². The number of aliphatic imine (C=N–C) groups is 1. The molecule has 3 unspecified atom stereocenters. The van der Waals surface area contributed by atoms with Gasteiger partial charge in [0.15, 0.2) is 5.96 Å². The van der Waals surface area contributed by atoms with E-state index < -0.39 is 10.8 Å². The van der Waals surface area contributed by atoms with Crippen LogP contribution < -0.4 is 15.4 Å². The summed E-state index contributed by atoms with van der Waals surface area (Å²) in [6.45, 7) is 7.88. The molecule has 1 aliphatic carbocycles. The Morgan fingerprint density at radius 3 is 2.62 bits per heavy atom. The van der Waals surface area contributed by atoms with Crippen LogP contribution in [0.3, 0.4) is 0 Å². The molecule has 166 valence electrons. The van der Waals surface area contributed by atoms with Gasteiger partial charge in [-0.05, 0) is 49.3 Å². The molecule has 1 aromatic rings. The van der Waals surface area contributed by atoms with Crippen molar-refractivity contribution in [3.63, 3.8) is 0 Å². The first kappa shape index (κ1) is 26.2. The molecule has 0 bridgehead atoms. The van der Waals surface area contributed by atoms with E-state index in [9.17, 15) is 4.21 Å². The number of guanidine groups is 1. The molecular weight excluding hydrogens is 497 g/mol. The van der Waals surface area contributed by atoms with Crippen LogP contribution in [-0.4, -0.2) is 47.4 Å². The lowest BCUT2D eigenvalue weighted by Crippen LogP contribution is -2.47. The summed E-state index contributed by atoms with van der Waals surface area (Å²) >= 11 is 0. The van der Waals surface area contributed by atoms with Crippen molar-refractivity contribution in [3.05, 3.63) is 29.8 Å². The quantitative estimate of drug-likeness (QED) is 0.284. The summed E-state index contributed by atoms with van der Waals surface area (Å²) in [4.78, 5) is 4.36. The molecule has 1 aliphatic rings. The summed E-state index contributed by atoms with van der Waals surface area (Å²) in [7, 11) is 1.11. The molecule has 0 aromatic heterocycles. The predicted octanol–water partition coefficient (Wildman–Crippen LogP) is 4.13. The average molecular weight is 536 g/mol. The molecule has 0 saturated heterocycles. The molecule has 29 heavy (non-hydrogen) atoms. The van der Waals surface area contributed by atoms with Gasteiger partial charge in [0.25, 0.3) is 0 Å². The fourth-order valence-electron chi connectivity index (χ4n) is 3.48. The first-order valence-electron chi connectivity index (χ1n) is 10.6. The topological polar surface area (TPSA) is 62.7 Å². The minimum atomic E-state index is -0.698. The SMILES string of the molecule is CCS(=O)C1CCCC(NC(=NC)NCCc2ccc(OCC(C)C)cc2)C1.I. The highest BCUT2D eigenvalue weighted by molar-refractivity contribution is 14.0. The second-order valence-electron chi connectivity index (χ2n) is 7.90. The number of ether oxygens (including phenoxy) is 1. The minimum Gasteiger partial charge on any atom is -0.493 e. The average Bonchev–Trinajstić information content (AvgIpc) is 2.72. The number of hydrogen-bond donors (Lipinski definition) is 2. The van der Waals surface area contributed by atoms with Crippen molar-refractivity contribution >= 4 is 40.7 Å². The van der Waals surface area contributed by atoms with Gasteiger partial charge in [-0.25, -0.2) is 0 Å².